The number of aromatic nitrogens is 3. The fraction of sp³-hybridized carbons (Fsp3) is 0.375. The number of rotatable bonds is 6. The van der Waals surface area contributed by atoms with Gasteiger partial charge in [0.1, 0.15) is 5.82 Å². The fourth-order valence-electron chi connectivity index (χ4n) is 5.41. The van der Waals surface area contributed by atoms with Crippen LogP contribution >= 0.6 is 0 Å². The molecule has 2 aromatic carbocycles. The minimum absolute atomic E-state index is 0.498. The minimum Gasteiger partial charge on any atom is -0.436 e. The Bertz CT molecular complexity index is 1410. The van der Waals surface area contributed by atoms with Gasteiger partial charge in [-0.3, -0.25) is 0 Å². The van der Waals surface area contributed by atoms with E-state index in [0.29, 0.717) is 11.9 Å². The molecule has 0 radical (unpaired) electrons. The van der Waals surface area contributed by atoms with Gasteiger partial charge >= 0.3 is 0 Å². The monoisotopic (exact) mass is 477 g/mol. The Morgan fingerprint density at radius 2 is 1.69 bits per heavy atom. The number of fused-ring (bicyclic) bond motifs is 1. The molecule has 0 atom stereocenters. The second-order valence-electron chi connectivity index (χ2n) is 10.5. The highest BCUT2D eigenvalue weighted by molar-refractivity contribution is 5.85. The molecule has 184 valence electrons. The van der Waals surface area contributed by atoms with Gasteiger partial charge in [0.2, 0.25) is 5.89 Å². The number of allylic oxidation sites excluding steroid dienone is 4. The highest BCUT2D eigenvalue weighted by atomic mass is 16.4. The lowest BCUT2D eigenvalue weighted by molar-refractivity contribution is 0.450. The molecular formula is C32H35N3O. The number of aryl methyl sites for hydroxylation is 1. The van der Waals surface area contributed by atoms with Crippen molar-refractivity contribution >= 4 is 16.6 Å². The molecule has 2 saturated carbocycles. The van der Waals surface area contributed by atoms with Crippen molar-refractivity contribution in [1.82, 2.24) is 14.5 Å². The SMILES string of the molecule is C/C=C(\C=C/C1CC1)c1nc2cc(-c3ncc(-c4ccc(C)cc4)o3)ccc2n1C1CCCCCC1. The number of hydrogen-bond acceptors (Lipinski definition) is 3. The van der Waals surface area contributed by atoms with Crippen LogP contribution in [0.4, 0.5) is 0 Å². The maximum atomic E-state index is 6.19. The molecule has 2 aliphatic rings. The van der Waals surface area contributed by atoms with Crippen LogP contribution in [-0.4, -0.2) is 14.5 Å². The molecule has 2 heterocycles. The third-order valence-electron chi connectivity index (χ3n) is 7.71. The number of hydrogen-bond donors (Lipinski definition) is 0. The van der Waals surface area contributed by atoms with Crippen molar-refractivity contribution in [2.45, 2.75) is 71.3 Å². The first-order chi connectivity index (χ1) is 17.7. The molecule has 4 aromatic rings. The molecule has 0 N–H and O–H groups in total. The number of nitrogens with zero attached hydrogens (tertiary/aromatic N) is 3. The Kier molecular flexibility index (Phi) is 6.35. The molecule has 0 aliphatic heterocycles. The topological polar surface area (TPSA) is 43.9 Å². The first-order valence-electron chi connectivity index (χ1n) is 13.6. The van der Waals surface area contributed by atoms with Gasteiger partial charge < -0.3 is 8.98 Å². The van der Waals surface area contributed by atoms with Crippen LogP contribution in [0, 0.1) is 12.8 Å². The van der Waals surface area contributed by atoms with Crippen LogP contribution in [-0.2, 0) is 0 Å². The van der Waals surface area contributed by atoms with Crippen molar-refractivity contribution in [3.63, 3.8) is 0 Å². The first kappa shape index (κ1) is 23.0. The van der Waals surface area contributed by atoms with E-state index >= 15 is 0 Å². The molecule has 0 spiro atoms. The van der Waals surface area contributed by atoms with Crippen LogP contribution in [0.3, 0.4) is 0 Å². The largest absolute Gasteiger partial charge is 0.436 e. The van der Waals surface area contributed by atoms with Crippen molar-refractivity contribution in [2.75, 3.05) is 0 Å². The second-order valence-corrected chi connectivity index (χ2v) is 10.5. The summed E-state index contributed by atoms with van der Waals surface area (Å²) in [6, 6.07) is 15.4. The number of imidazole rings is 1. The summed E-state index contributed by atoms with van der Waals surface area (Å²) in [5, 5.41) is 0. The number of benzene rings is 2. The standard InChI is InChI=1S/C32H35N3O/c1-3-24(17-14-23-12-13-23)31-34-28-20-26(18-19-29(28)35(31)27-8-6-4-5-7-9-27)32-33-21-30(36-32)25-15-10-22(2)11-16-25/h3,10-11,14-21,23,27H,4-9,12-13H2,1-2H3/b17-14-,24-3+. The van der Waals surface area contributed by atoms with Gasteiger partial charge in [0.05, 0.1) is 17.2 Å². The third-order valence-corrected chi connectivity index (χ3v) is 7.71. The zero-order valence-corrected chi connectivity index (χ0v) is 21.4. The smallest absolute Gasteiger partial charge is 0.226 e. The van der Waals surface area contributed by atoms with E-state index < -0.39 is 0 Å². The molecule has 2 aliphatic carbocycles. The third kappa shape index (κ3) is 4.69. The van der Waals surface area contributed by atoms with Crippen LogP contribution in [0.1, 0.15) is 75.7 Å². The van der Waals surface area contributed by atoms with E-state index in [1.165, 1.54) is 68.0 Å². The van der Waals surface area contributed by atoms with E-state index in [0.717, 1.165) is 34.1 Å². The molecule has 4 nitrogen and oxygen atoms in total. The maximum Gasteiger partial charge on any atom is 0.226 e. The summed E-state index contributed by atoms with van der Waals surface area (Å²) in [6.07, 6.45) is 19.1. The first-order valence-corrected chi connectivity index (χ1v) is 13.6. The Morgan fingerprint density at radius 1 is 0.944 bits per heavy atom. The highest BCUT2D eigenvalue weighted by Gasteiger charge is 2.23. The summed E-state index contributed by atoms with van der Waals surface area (Å²) in [4.78, 5) is 9.83. The predicted octanol–water partition coefficient (Wildman–Crippen LogP) is 8.93. The Balaban J connectivity index is 1.40. The highest BCUT2D eigenvalue weighted by Crippen LogP contribution is 2.37. The summed E-state index contributed by atoms with van der Waals surface area (Å²) in [5.74, 6) is 3.27. The fourth-order valence-corrected chi connectivity index (χ4v) is 5.41. The van der Waals surface area contributed by atoms with Gasteiger partial charge in [0.25, 0.3) is 0 Å². The van der Waals surface area contributed by atoms with E-state index in [2.05, 4.69) is 84.1 Å². The van der Waals surface area contributed by atoms with E-state index in [4.69, 9.17) is 9.40 Å². The average molecular weight is 478 g/mol. The Hall–Kier alpha value is -3.40. The molecule has 0 saturated heterocycles. The van der Waals surface area contributed by atoms with E-state index in [1.807, 2.05) is 6.20 Å². The maximum absolute atomic E-state index is 6.19. The molecule has 4 heteroatoms. The van der Waals surface area contributed by atoms with Gasteiger partial charge in [0.15, 0.2) is 5.76 Å². The van der Waals surface area contributed by atoms with Gasteiger partial charge in [-0.2, -0.15) is 0 Å². The van der Waals surface area contributed by atoms with Gasteiger partial charge in [-0.1, -0.05) is 73.7 Å². The van der Waals surface area contributed by atoms with Crippen molar-refractivity contribution < 1.29 is 4.42 Å². The van der Waals surface area contributed by atoms with E-state index in [9.17, 15) is 0 Å². The van der Waals surface area contributed by atoms with Crippen LogP contribution in [0.5, 0.6) is 0 Å². The molecule has 6 rings (SSSR count). The zero-order valence-electron chi connectivity index (χ0n) is 21.4. The van der Waals surface area contributed by atoms with Crippen molar-refractivity contribution in [3.05, 3.63) is 78.3 Å². The lowest BCUT2D eigenvalue weighted by Gasteiger charge is -2.20. The van der Waals surface area contributed by atoms with Crippen LogP contribution < -0.4 is 0 Å². The summed E-state index contributed by atoms with van der Waals surface area (Å²) in [6.45, 7) is 4.22. The van der Waals surface area contributed by atoms with Gasteiger partial charge in [-0.25, -0.2) is 9.97 Å². The summed E-state index contributed by atoms with van der Waals surface area (Å²) < 4.78 is 8.72. The Morgan fingerprint density at radius 3 is 2.42 bits per heavy atom. The molecule has 2 fully saturated rings. The van der Waals surface area contributed by atoms with E-state index in [1.54, 1.807) is 0 Å². The number of oxazole rings is 1. The van der Waals surface area contributed by atoms with Crippen LogP contribution in [0.15, 0.2) is 71.3 Å². The molecule has 0 amide bonds. The van der Waals surface area contributed by atoms with Crippen molar-refractivity contribution in [3.8, 4) is 22.8 Å². The van der Waals surface area contributed by atoms with Crippen molar-refractivity contribution in [1.29, 1.82) is 0 Å². The van der Waals surface area contributed by atoms with Crippen molar-refractivity contribution in [2.24, 2.45) is 5.92 Å². The lowest BCUT2D eigenvalue weighted by Crippen LogP contribution is -2.11. The molecule has 2 aromatic heterocycles. The van der Waals surface area contributed by atoms with Gasteiger partial charge in [0, 0.05) is 22.7 Å². The van der Waals surface area contributed by atoms with Crippen LogP contribution in [0.2, 0.25) is 0 Å². The minimum atomic E-state index is 0.498. The molecule has 0 bridgehead atoms. The quantitative estimate of drug-likeness (QED) is 0.206. The summed E-state index contributed by atoms with van der Waals surface area (Å²) in [7, 11) is 0. The van der Waals surface area contributed by atoms with Gasteiger partial charge in [-0.15, -0.1) is 0 Å². The second kappa shape index (κ2) is 9.93. The van der Waals surface area contributed by atoms with Gasteiger partial charge in [-0.05, 0) is 63.6 Å². The van der Waals surface area contributed by atoms with Crippen LogP contribution in [0.25, 0.3) is 39.4 Å². The Labute approximate surface area is 213 Å². The average Bonchev–Trinajstić information content (AvgIpc) is 3.56. The summed E-state index contributed by atoms with van der Waals surface area (Å²) >= 11 is 0. The normalized spacial score (nSPS) is 17.8. The molecule has 0 unspecified atom stereocenters. The summed E-state index contributed by atoms with van der Waals surface area (Å²) in [5.41, 5.74) is 6.69. The predicted molar refractivity (Wildman–Crippen MR) is 148 cm³/mol. The molecular weight excluding hydrogens is 442 g/mol. The lowest BCUT2D eigenvalue weighted by atomic mass is 10.1. The molecule has 36 heavy (non-hydrogen) atoms. The zero-order chi connectivity index (χ0) is 24.5. The van der Waals surface area contributed by atoms with E-state index in [-0.39, 0.29) is 0 Å².